The largest absolute Gasteiger partial charge is 0.481 e. The van der Waals surface area contributed by atoms with Gasteiger partial charge >= 0.3 is 5.97 Å². The Bertz CT molecular complexity index is 390. The monoisotopic (exact) mass is 235 g/mol. The minimum atomic E-state index is -0.864. The minimum absolute atomic E-state index is 0.0983. The van der Waals surface area contributed by atoms with Gasteiger partial charge < -0.3 is 10.8 Å². The number of hydrogen-bond donors (Lipinski definition) is 2. The number of carboxylic acids is 1. The van der Waals surface area contributed by atoms with Crippen molar-refractivity contribution in [1.29, 1.82) is 0 Å². The van der Waals surface area contributed by atoms with Crippen molar-refractivity contribution in [2.45, 2.75) is 39.2 Å². The smallest absolute Gasteiger partial charge is 0.308 e. The Morgan fingerprint density at radius 3 is 2.06 bits per heavy atom. The maximum atomic E-state index is 10.9. The molecular formula is C14H21NO2. The summed E-state index contributed by atoms with van der Waals surface area (Å²) < 4.78 is 0. The van der Waals surface area contributed by atoms with Gasteiger partial charge in [-0.15, -0.1) is 0 Å². The van der Waals surface area contributed by atoms with Gasteiger partial charge in [0.25, 0.3) is 0 Å². The third-order valence-electron chi connectivity index (χ3n) is 3.09. The van der Waals surface area contributed by atoms with Gasteiger partial charge in [0, 0.05) is 6.04 Å². The Kier molecular flexibility index (Phi) is 3.94. The molecule has 3 heteroatoms. The van der Waals surface area contributed by atoms with Gasteiger partial charge in [-0.05, 0) is 16.5 Å². The Morgan fingerprint density at radius 2 is 1.71 bits per heavy atom. The number of benzene rings is 1. The van der Waals surface area contributed by atoms with E-state index in [9.17, 15) is 4.79 Å². The van der Waals surface area contributed by atoms with E-state index in [4.69, 9.17) is 10.8 Å². The summed E-state index contributed by atoms with van der Waals surface area (Å²) in [5, 5.41) is 8.92. The number of rotatable bonds is 3. The van der Waals surface area contributed by atoms with Gasteiger partial charge in [-0.3, -0.25) is 4.79 Å². The minimum Gasteiger partial charge on any atom is -0.481 e. The van der Waals surface area contributed by atoms with Crippen LogP contribution in [0.5, 0.6) is 0 Å². The lowest BCUT2D eigenvalue weighted by atomic mass is 9.85. The standard InChI is InChI=1S/C14H21NO2/c1-9(13(16)17)12(15)10-5-7-11(8-6-10)14(2,3)4/h5-9,12H,15H2,1-4H3,(H,16,17). The van der Waals surface area contributed by atoms with E-state index in [1.807, 2.05) is 24.3 Å². The first-order valence-corrected chi connectivity index (χ1v) is 5.82. The van der Waals surface area contributed by atoms with E-state index in [2.05, 4.69) is 20.8 Å². The number of carbonyl (C=O) groups is 1. The second-order valence-electron chi connectivity index (χ2n) is 5.52. The van der Waals surface area contributed by atoms with Crippen LogP contribution in [-0.4, -0.2) is 11.1 Å². The number of hydrogen-bond acceptors (Lipinski definition) is 2. The molecule has 0 saturated carbocycles. The van der Waals surface area contributed by atoms with E-state index >= 15 is 0 Å². The van der Waals surface area contributed by atoms with E-state index in [1.165, 1.54) is 5.56 Å². The molecule has 1 aromatic carbocycles. The van der Waals surface area contributed by atoms with Crippen LogP contribution in [0.25, 0.3) is 0 Å². The molecule has 0 aliphatic carbocycles. The number of carboxylic acid groups (broad SMARTS) is 1. The van der Waals surface area contributed by atoms with Crippen LogP contribution >= 0.6 is 0 Å². The molecule has 2 unspecified atom stereocenters. The molecule has 1 aromatic rings. The van der Waals surface area contributed by atoms with Crippen LogP contribution in [0.4, 0.5) is 0 Å². The van der Waals surface area contributed by atoms with Crippen LogP contribution in [0.15, 0.2) is 24.3 Å². The van der Waals surface area contributed by atoms with Crippen LogP contribution in [0.2, 0.25) is 0 Å². The molecular weight excluding hydrogens is 214 g/mol. The summed E-state index contributed by atoms with van der Waals surface area (Å²) in [7, 11) is 0. The van der Waals surface area contributed by atoms with Crippen LogP contribution in [-0.2, 0) is 10.2 Å². The molecule has 2 atom stereocenters. The molecule has 0 aromatic heterocycles. The average molecular weight is 235 g/mol. The van der Waals surface area contributed by atoms with Crippen LogP contribution in [0.3, 0.4) is 0 Å². The third kappa shape index (κ3) is 3.30. The van der Waals surface area contributed by atoms with Crippen molar-refractivity contribution in [3.05, 3.63) is 35.4 Å². The highest BCUT2D eigenvalue weighted by Crippen LogP contribution is 2.25. The summed E-state index contributed by atoms with van der Waals surface area (Å²) in [6.45, 7) is 8.05. The van der Waals surface area contributed by atoms with Gasteiger partial charge in [0.15, 0.2) is 0 Å². The van der Waals surface area contributed by atoms with Crippen molar-refractivity contribution in [2.24, 2.45) is 11.7 Å². The van der Waals surface area contributed by atoms with E-state index < -0.39 is 17.9 Å². The molecule has 3 N–H and O–H groups in total. The van der Waals surface area contributed by atoms with Crippen molar-refractivity contribution in [3.63, 3.8) is 0 Å². The van der Waals surface area contributed by atoms with Crippen LogP contribution in [0, 0.1) is 5.92 Å². The Labute approximate surface area is 103 Å². The fraction of sp³-hybridized carbons (Fsp3) is 0.500. The molecule has 0 heterocycles. The zero-order valence-corrected chi connectivity index (χ0v) is 10.9. The normalized spacial score (nSPS) is 15.4. The van der Waals surface area contributed by atoms with Crippen molar-refractivity contribution >= 4 is 5.97 Å². The summed E-state index contributed by atoms with van der Waals surface area (Å²) in [6.07, 6.45) is 0. The van der Waals surface area contributed by atoms with E-state index in [0.29, 0.717) is 0 Å². The van der Waals surface area contributed by atoms with Gasteiger partial charge in [-0.1, -0.05) is 52.0 Å². The molecule has 0 aliphatic rings. The quantitative estimate of drug-likeness (QED) is 0.846. The highest BCUT2D eigenvalue weighted by molar-refractivity contribution is 5.70. The summed E-state index contributed by atoms with van der Waals surface area (Å²) in [5.41, 5.74) is 8.10. The molecule has 3 nitrogen and oxygen atoms in total. The predicted octanol–water partition coefficient (Wildman–Crippen LogP) is 2.70. The predicted molar refractivity (Wildman–Crippen MR) is 68.9 cm³/mol. The van der Waals surface area contributed by atoms with Crippen molar-refractivity contribution in [2.75, 3.05) is 0 Å². The highest BCUT2D eigenvalue weighted by Gasteiger charge is 2.22. The fourth-order valence-electron chi connectivity index (χ4n) is 1.65. The van der Waals surface area contributed by atoms with E-state index in [0.717, 1.165) is 5.56 Å². The summed E-state index contributed by atoms with van der Waals surface area (Å²) in [6, 6.07) is 7.42. The first-order valence-electron chi connectivity index (χ1n) is 5.82. The molecule has 0 saturated heterocycles. The molecule has 0 bridgehead atoms. The third-order valence-corrected chi connectivity index (χ3v) is 3.09. The van der Waals surface area contributed by atoms with Gasteiger partial charge in [0.2, 0.25) is 0 Å². The van der Waals surface area contributed by atoms with Gasteiger partial charge in [-0.25, -0.2) is 0 Å². The lowest BCUT2D eigenvalue weighted by molar-refractivity contribution is -0.141. The molecule has 0 spiro atoms. The zero-order valence-electron chi connectivity index (χ0n) is 10.9. The SMILES string of the molecule is CC(C(=O)O)C(N)c1ccc(C(C)(C)C)cc1. The second-order valence-corrected chi connectivity index (χ2v) is 5.52. The summed E-state index contributed by atoms with van der Waals surface area (Å²) in [5.74, 6) is -1.44. The fourth-order valence-corrected chi connectivity index (χ4v) is 1.65. The average Bonchev–Trinajstić information content (AvgIpc) is 2.26. The van der Waals surface area contributed by atoms with Gasteiger partial charge in [-0.2, -0.15) is 0 Å². The van der Waals surface area contributed by atoms with E-state index in [1.54, 1.807) is 6.92 Å². The molecule has 0 fully saturated rings. The lowest BCUT2D eigenvalue weighted by Gasteiger charge is -2.21. The van der Waals surface area contributed by atoms with Crippen molar-refractivity contribution < 1.29 is 9.90 Å². The van der Waals surface area contributed by atoms with E-state index in [-0.39, 0.29) is 5.41 Å². The highest BCUT2D eigenvalue weighted by atomic mass is 16.4. The van der Waals surface area contributed by atoms with Crippen molar-refractivity contribution in [3.8, 4) is 0 Å². The first kappa shape index (κ1) is 13.7. The molecule has 0 aliphatic heterocycles. The maximum absolute atomic E-state index is 10.9. The maximum Gasteiger partial charge on any atom is 0.308 e. The molecule has 1 rings (SSSR count). The summed E-state index contributed by atoms with van der Waals surface area (Å²) in [4.78, 5) is 10.9. The van der Waals surface area contributed by atoms with Gasteiger partial charge in [0.05, 0.1) is 5.92 Å². The lowest BCUT2D eigenvalue weighted by Crippen LogP contribution is -2.25. The second kappa shape index (κ2) is 4.88. The number of aliphatic carboxylic acids is 1. The molecule has 0 radical (unpaired) electrons. The number of nitrogens with two attached hydrogens (primary N) is 1. The molecule has 94 valence electrons. The van der Waals surface area contributed by atoms with Gasteiger partial charge in [0.1, 0.15) is 0 Å². The first-order chi connectivity index (χ1) is 7.73. The Hall–Kier alpha value is -1.35. The Balaban J connectivity index is 2.92. The molecule has 0 amide bonds. The zero-order chi connectivity index (χ0) is 13.2. The Morgan fingerprint density at radius 1 is 1.24 bits per heavy atom. The van der Waals surface area contributed by atoms with Crippen molar-refractivity contribution in [1.82, 2.24) is 0 Å². The van der Waals surface area contributed by atoms with Crippen LogP contribution in [0.1, 0.15) is 44.9 Å². The summed E-state index contributed by atoms with van der Waals surface area (Å²) >= 11 is 0. The van der Waals surface area contributed by atoms with Crippen LogP contribution < -0.4 is 5.73 Å². The molecule has 17 heavy (non-hydrogen) atoms. The topological polar surface area (TPSA) is 63.3 Å².